The van der Waals surface area contributed by atoms with Crippen LogP contribution >= 0.6 is 0 Å². The number of benzene rings is 1. The van der Waals surface area contributed by atoms with E-state index in [0.29, 0.717) is 6.42 Å². The van der Waals surface area contributed by atoms with Gasteiger partial charge in [-0.25, -0.2) is 4.39 Å². The van der Waals surface area contributed by atoms with E-state index in [1.54, 1.807) is 12.1 Å². The molecule has 0 aliphatic carbocycles. The van der Waals surface area contributed by atoms with E-state index in [1.807, 2.05) is 13.8 Å². The highest BCUT2D eigenvalue weighted by atomic mass is 19.1. The van der Waals surface area contributed by atoms with Gasteiger partial charge in [-0.2, -0.15) is 0 Å². The van der Waals surface area contributed by atoms with E-state index >= 15 is 0 Å². The van der Waals surface area contributed by atoms with E-state index in [4.69, 9.17) is 4.74 Å². The van der Waals surface area contributed by atoms with Crippen molar-refractivity contribution in [3.05, 3.63) is 35.6 Å². The molecule has 0 saturated carbocycles. The van der Waals surface area contributed by atoms with Crippen LogP contribution in [0.15, 0.2) is 24.3 Å². The molecule has 1 saturated heterocycles. The fraction of sp³-hybridized carbons (Fsp3) is 0.625. The Kier molecular flexibility index (Phi) is 5.13. The monoisotopic (exact) mass is 281 g/mol. The van der Waals surface area contributed by atoms with Crippen LogP contribution in [0.4, 0.5) is 4.39 Å². The van der Waals surface area contributed by atoms with Gasteiger partial charge in [-0.3, -0.25) is 4.90 Å². The van der Waals surface area contributed by atoms with Crippen LogP contribution < -0.4 is 0 Å². The topological polar surface area (TPSA) is 32.7 Å². The zero-order chi connectivity index (χ0) is 14.6. The highest BCUT2D eigenvalue weighted by Gasteiger charge is 2.33. The highest BCUT2D eigenvalue weighted by Crippen LogP contribution is 2.33. The second kappa shape index (κ2) is 6.66. The van der Waals surface area contributed by atoms with Gasteiger partial charge < -0.3 is 9.84 Å². The Morgan fingerprint density at radius 1 is 1.25 bits per heavy atom. The van der Waals surface area contributed by atoms with Crippen LogP contribution in [-0.4, -0.2) is 42.9 Å². The number of halogens is 1. The fourth-order valence-electron chi connectivity index (χ4n) is 2.66. The van der Waals surface area contributed by atoms with Gasteiger partial charge in [-0.15, -0.1) is 0 Å². The minimum absolute atomic E-state index is 0.0778. The molecule has 0 aromatic heterocycles. The first kappa shape index (κ1) is 15.4. The first-order valence-corrected chi connectivity index (χ1v) is 7.31. The number of aliphatic hydroxyl groups is 1. The van der Waals surface area contributed by atoms with Gasteiger partial charge >= 0.3 is 0 Å². The lowest BCUT2D eigenvalue weighted by atomic mass is 9.80. The van der Waals surface area contributed by atoms with E-state index in [9.17, 15) is 9.50 Å². The number of ether oxygens (including phenoxy) is 1. The molecule has 2 rings (SSSR count). The summed E-state index contributed by atoms with van der Waals surface area (Å²) in [5.74, 6) is -0.193. The Morgan fingerprint density at radius 2 is 1.85 bits per heavy atom. The maximum absolute atomic E-state index is 13.0. The first-order valence-electron chi connectivity index (χ1n) is 7.31. The summed E-state index contributed by atoms with van der Waals surface area (Å²) in [5, 5.41) is 11.0. The van der Waals surface area contributed by atoms with Gasteiger partial charge in [0.15, 0.2) is 0 Å². The summed E-state index contributed by atoms with van der Waals surface area (Å²) in [5.41, 5.74) is -0.117. The molecule has 1 fully saturated rings. The number of morpholine rings is 1. The van der Waals surface area contributed by atoms with Crippen LogP contribution in [0.2, 0.25) is 0 Å². The molecule has 1 aliphatic rings. The molecule has 1 aromatic rings. The van der Waals surface area contributed by atoms with E-state index in [1.165, 1.54) is 12.1 Å². The molecule has 0 radical (unpaired) electrons. The maximum atomic E-state index is 13.0. The lowest BCUT2D eigenvalue weighted by Crippen LogP contribution is -2.41. The van der Waals surface area contributed by atoms with Crippen molar-refractivity contribution < 1.29 is 14.2 Å². The van der Waals surface area contributed by atoms with E-state index in [-0.39, 0.29) is 11.7 Å². The van der Waals surface area contributed by atoms with Crippen molar-refractivity contribution in [1.29, 1.82) is 0 Å². The molecule has 1 heterocycles. The average Bonchev–Trinajstić information content (AvgIpc) is 2.46. The lowest BCUT2D eigenvalue weighted by molar-refractivity contribution is -0.0359. The molecule has 0 spiro atoms. The molecule has 112 valence electrons. The average molecular weight is 281 g/mol. The molecule has 3 nitrogen and oxygen atoms in total. The van der Waals surface area contributed by atoms with Crippen LogP contribution in [0.5, 0.6) is 0 Å². The minimum atomic E-state index is -0.911. The second-order valence-electron chi connectivity index (χ2n) is 5.79. The number of rotatable bonds is 5. The summed E-state index contributed by atoms with van der Waals surface area (Å²) >= 11 is 0. The Labute approximate surface area is 120 Å². The Hall–Kier alpha value is -0.970. The van der Waals surface area contributed by atoms with Gasteiger partial charge in [0.05, 0.1) is 18.8 Å². The summed E-state index contributed by atoms with van der Waals surface area (Å²) in [6.45, 7) is 8.18. The SMILES string of the molecule is CC(C)C(O)(CCN1CCOCC1)c1ccc(F)cc1. The number of hydrogen-bond donors (Lipinski definition) is 1. The molecular formula is C16H24FNO2. The van der Waals surface area contributed by atoms with Gasteiger partial charge in [0.2, 0.25) is 0 Å². The van der Waals surface area contributed by atoms with Gasteiger partial charge in [0.25, 0.3) is 0 Å². The lowest BCUT2D eigenvalue weighted by Gasteiger charge is -2.36. The van der Waals surface area contributed by atoms with E-state index in [0.717, 1.165) is 38.4 Å². The molecule has 1 atom stereocenters. The van der Waals surface area contributed by atoms with Crippen molar-refractivity contribution in [3.8, 4) is 0 Å². The minimum Gasteiger partial charge on any atom is -0.385 e. The Bertz CT molecular complexity index is 415. The third-order valence-electron chi connectivity index (χ3n) is 4.21. The van der Waals surface area contributed by atoms with Gasteiger partial charge in [-0.05, 0) is 30.0 Å². The normalized spacial score (nSPS) is 20.1. The predicted molar refractivity (Wildman–Crippen MR) is 77.0 cm³/mol. The Morgan fingerprint density at radius 3 is 2.40 bits per heavy atom. The van der Waals surface area contributed by atoms with Crippen LogP contribution in [0, 0.1) is 11.7 Å². The number of nitrogens with zero attached hydrogens (tertiary/aromatic N) is 1. The largest absolute Gasteiger partial charge is 0.385 e. The molecule has 1 unspecified atom stereocenters. The van der Waals surface area contributed by atoms with Crippen molar-refractivity contribution in [3.63, 3.8) is 0 Å². The quantitative estimate of drug-likeness (QED) is 0.899. The van der Waals surface area contributed by atoms with Crippen LogP contribution in [0.25, 0.3) is 0 Å². The summed E-state index contributed by atoms with van der Waals surface area (Å²) in [6, 6.07) is 6.21. The van der Waals surface area contributed by atoms with Crippen molar-refractivity contribution >= 4 is 0 Å². The third-order valence-corrected chi connectivity index (χ3v) is 4.21. The standard InChI is InChI=1S/C16H24FNO2/c1-13(2)16(19,14-3-5-15(17)6-4-14)7-8-18-9-11-20-12-10-18/h3-6,13,19H,7-12H2,1-2H3. The fourth-order valence-corrected chi connectivity index (χ4v) is 2.66. The molecule has 1 aliphatic heterocycles. The van der Waals surface area contributed by atoms with Gasteiger partial charge in [-0.1, -0.05) is 26.0 Å². The molecule has 0 bridgehead atoms. The van der Waals surface area contributed by atoms with Crippen LogP contribution in [0.3, 0.4) is 0 Å². The van der Waals surface area contributed by atoms with Crippen LogP contribution in [0.1, 0.15) is 25.8 Å². The Balaban J connectivity index is 2.06. The van der Waals surface area contributed by atoms with E-state index in [2.05, 4.69) is 4.90 Å². The summed E-state index contributed by atoms with van der Waals surface area (Å²) < 4.78 is 18.4. The molecule has 0 amide bonds. The predicted octanol–water partition coefficient (Wildman–Crippen LogP) is 2.39. The van der Waals surface area contributed by atoms with Gasteiger partial charge in [0, 0.05) is 19.6 Å². The summed E-state index contributed by atoms with van der Waals surface area (Å²) in [6.07, 6.45) is 0.649. The molecule has 1 N–H and O–H groups in total. The zero-order valence-electron chi connectivity index (χ0n) is 12.3. The second-order valence-corrected chi connectivity index (χ2v) is 5.79. The van der Waals surface area contributed by atoms with Crippen molar-refractivity contribution in [2.45, 2.75) is 25.9 Å². The molecule has 4 heteroatoms. The zero-order valence-corrected chi connectivity index (χ0v) is 12.3. The summed E-state index contributed by atoms with van der Waals surface area (Å²) in [4.78, 5) is 2.31. The van der Waals surface area contributed by atoms with Gasteiger partial charge in [0.1, 0.15) is 5.82 Å². The highest BCUT2D eigenvalue weighted by molar-refractivity contribution is 5.23. The van der Waals surface area contributed by atoms with Crippen molar-refractivity contribution in [2.24, 2.45) is 5.92 Å². The van der Waals surface area contributed by atoms with Crippen molar-refractivity contribution in [1.82, 2.24) is 4.90 Å². The summed E-state index contributed by atoms with van der Waals surface area (Å²) in [7, 11) is 0. The maximum Gasteiger partial charge on any atom is 0.123 e. The van der Waals surface area contributed by atoms with Crippen molar-refractivity contribution in [2.75, 3.05) is 32.8 Å². The van der Waals surface area contributed by atoms with E-state index < -0.39 is 5.60 Å². The smallest absolute Gasteiger partial charge is 0.123 e. The molecule has 20 heavy (non-hydrogen) atoms. The molecular weight excluding hydrogens is 257 g/mol. The first-order chi connectivity index (χ1) is 9.52. The van der Waals surface area contributed by atoms with Crippen LogP contribution in [-0.2, 0) is 10.3 Å². The third kappa shape index (κ3) is 3.57. The molecule has 1 aromatic carbocycles. The number of hydrogen-bond acceptors (Lipinski definition) is 3.